The van der Waals surface area contributed by atoms with Crippen molar-refractivity contribution in [2.45, 2.75) is 25.3 Å². The number of carboxylic acid groups (broad SMARTS) is 1. The van der Waals surface area contributed by atoms with Crippen molar-refractivity contribution in [3.63, 3.8) is 0 Å². The van der Waals surface area contributed by atoms with Crippen LogP contribution in [0.4, 0.5) is 0 Å². The molecule has 0 saturated heterocycles. The molecule has 1 amide bonds. The molecule has 12 heteroatoms. The number of halogens is 1. The lowest BCUT2D eigenvalue weighted by atomic mass is 9.84. The molecule has 0 fully saturated rings. The van der Waals surface area contributed by atoms with Crippen LogP contribution in [0.15, 0.2) is 73.1 Å². The number of ketones is 1. The van der Waals surface area contributed by atoms with Crippen LogP contribution in [0.25, 0.3) is 11.8 Å². The summed E-state index contributed by atoms with van der Waals surface area (Å²) in [5, 5.41) is 20.9. The molecular formula is C31H26ClN5O6. The van der Waals surface area contributed by atoms with E-state index in [1.807, 2.05) is 6.07 Å². The number of carboxylic acids is 1. The van der Waals surface area contributed by atoms with Gasteiger partial charge in [-0.05, 0) is 75.5 Å². The van der Waals surface area contributed by atoms with E-state index < -0.39 is 23.9 Å². The fraction of sp³-hybridized carbons (Fsp3) is 0.194. The third-order valence-electron chi connectivity index (χ3n) is 7.24. The van der Waals surface area contributed by atoms with Crippen molar-refractivity contribution in [1.29, 1.82) is 0 Å². The van der Waals surface area contributed by atoms with Crippen LogP contribution >= 0.6 is 11.6 Å². The molecule has 43 heavy (non-hydrogen) atoms. The van der Waals surface area contributed by atoms with Gasteiger partial charge in [-0.25, -0.2) is 4.79 Å². The number of esters is 1. The minimum absolute atomic E-state index is 0.0313. The molecule has 1 aliphatic heterocycles. The van der Waals surface area contributed by atoms with Crippen LogP contribution in [-0.2, 0) is 38.4 Å². The standard InChI is InChI=1S/C31H26ClN5O6/c1-43-29(40)17-21-3-2-4-25-24(21)13-14-36(30(25)27(38)15-19-5-7-20(8-6-19)31(41)42)28(39)12-9-22-16-23(32)10-11-26(22)37-18-33-34-35-37/h2-12,16,18,30H,13-15,17H2,1H3,(H,41,42)/b12-9+. The number of hydrogen-bond donors (Lipinski definition) is 1. The van der Waals surface area contributed by atoms with Gasteiger partial charge in [0, 0.05) is 29.6 Å². The molecule has 0 saturated carbocycles. The second-order valence-electron chi connectivity index (χ2n) is 9.86. The third kappa shape index (κ3) is 6.52. The first-order valence-electron chi connectivity index (χ1n) is 13.3. The molecule has 3 aromatic carbocycles. The van der Waals surface area contributed by atoms with E-state index in [4.69, 9.17) is 16.3 Å². The summed E-state index contributed by atoms with van der Waals surface area (Å²) in [6.07, 6.45) is 4.85. The molecule has 0 radical (unpaired) electrons. The number of tetrazole rings is 1. The van der Waals surface area contributed by atoms with Crippen molar-refractivity contribution in [3.8, 4) is 5.69 Å². The Balaban J connectivity index is 1.49. The van der Waals surface area contributed by atoms with Crippen molar-refractivity contribution >= 4 is 41.3 Å². The van der Waals surface area contributed by atoms with Crippen LogP contribution in [0, 0.1) is 0 Å². The van der Waals surface area contributed by atoms with E-state index in [-0.39, 0.29) is 30.7 Å². The SMILES string of the molecule is COC(=O)Cc1cccc2c1CCN(C(=O)/C=C/c1cc(Cl)ccc1-n1cnnn1)C2C(=O)Cc1ccc(C(=O)O)cc1. The number of fused-ring (bicyclic) bond motifs is 1. The Morgan fingerprint density at radius 1 is 1.07 bits per heavy atom. The average Bonchev–Trinajstić information content (AvgIpc) is 3.54. The molecule has 11 nitrogen and oxygen atoms in total. The highest BCUT2D eigenvalue weighted by Crippen LogP contribution is 2.34. The smallest absolute Gasteiger partial charge is 0.335 e. The van der Waals surface area contributed by atoms with Gasteiger partial charge in [-0.1, -0.05) is 41.9 Å². The Morgan fingerprint density at radius 3 is 2.56 bits per heavy atom. The summed E-state index contributed by atoms with van der Waals surface area (Å²) in [5.74, 6) is -2.12. The van der Waals surface area contributed by atoms with Gasteiger partial charge in [0.2, 0.25) is 5.91 Å². The summed E-state index contributed by atoms with van der Waals surface area (Å²) < 4.78 is 6.31. The van der Waals surface area contributed by atoms with Gasteiger partial charge in [0.15, 0.2) is 5.78 Å². The average molecular weight is 600 g/mol. The lowest BCUT2D eigenvalue weighted by Crippen LogP contribution is -2.43. The molecule has 0 aliphatic carbocycles. The van der Waals surface area contributed by atoms with E-state index in [1.165, 1.54) is 41.2 Å². The van der Waals surface area contributed by atoms with Crippen molar-refractivity contribution in [2.75, 3.05) is 13.7 Å². The van der Waals surface area contributed by atoms with Crippen LogP contribution in [0.2, 0.25) is 5.02 Å². The maximum absolute atomic E-state index is 13.9. The quantitative estimate of drug-likeness (QED) is 0.225. The molecule has 1 atom stereocenters. The predicted molar refractivity (Wildman–Crippen MR) is 156 cm³/mol. The zero-order valence-corrected chi connectivity index (χ0v) is 23.8. The Bertz CT molecular complexity index is 1720. The van der Waals surface area contributed by atoms with Crippen molar-refractivity contribution < 1.29 is 29.0 Å². The van der Waals surface area contributed by atoms with E-state index in [0.717, 1.165) is 11.1 Å². The fourth-order valence-corrected chi connectivity index (χ4v) is 5.36. The number of Topliss-reactive ketones (excluding diaryl/α,β-unsaturated/α-hetero) is 1. The molecule has 218 valence electrons. The number of rotatable bonds is 9. The highest BCUT2D eigenvalue weighted by molar-refractivity contribution is 6.30. The first kappa shape index (κ1) is 29.3. The summed E-state index contributed by atoms with van der Waals surface area (Å²) in [6, 6.07) is 15.6. The summed E-state index contributed by atoms with van der Waals surface area (Å²) >= 11 is 6.23. The number of nitrogens with zero attached hydrogens (tertiary/aromatic N) is 5. The number of benzene rings is 3. The van der Waals surface area contributed by atoms with Gasteiger partial charge in [-0.15, -0.1) is 5.10 Å². The first-order valence-corrected chi connectivity index (χ1v) is 13.7. The van der Waals surface area contributed by atoms with Crippen molar-refractivity contribution in [3.05, 3.63) is 111 Å². The summed E-state index contributed by atoms with van der Waals surface area (Å²) in [7, 11) is 1.32. The number of amides is 1. The number of hydrogen-bond acceptors (Lipinski definition) is 8. The first-order chi connectivity index (χ1) is 20.7. The largest absolute Gasteiger partial charge is 0.478 e. The maximum atomic E-state index is 13.9. The molecule has 4 aromatic rings. The Morgan fingerprint density at radius 2 is 1.86 bits per heavy atom. The van der Waals surface area contributed by atoms with Gasteiger partial charge in [0.25, 0.3) is 0 Å². The fourth-order valence-electron chi connectivity index (χ4n) is 5.18. The monoisotopic (exact) mass is 599 g/mol. The topological polar surface area (TPSA) is 145 Å². The third-order valence-corrected chi connectivity index (χ3v) is 7.47. The van der Waals surface area contributed by atoms with Crippen LogP contribution < -0.4 is 0 Å². The summed E-state index contributed by atoms with van der Waals surface area (Å²) in [4.78, 5) is 52.5. The summed E-state index contributed by atoms with van der Waals surface area (Å²) in [6.45, 7) is 0.234. The van der Waals surface area contributed by atoms with E-state index >= 15 is 0 Å². The number of methoxy groups -OCH3 is 1. The molecule has 5 rings (SSSR count). The van der Waals surface area contributed by atoms with Gasteiger partial charge in [0.05, 0.1) is 24.8 Å². The van der Waals surface area contributed by atoms with E-state index in [1.54, 1.807) is 48.5 Å². The highest BCUT2D eigenvalue weighted by atomic mass is 35.5. The van der Waals surface area contributed by atoms with Crippen molar-refractivity contribution in [2.24, 2.45) is 0 Å². The molecule has 1 N–H and O–H groups in total. The van der Waals surface area contributed by atoms with Crippen LogP contribution in [0.5, 0.6) is 0 Å². The Hall–Kier alpha value is -5.16. The van der Waals surface area contributed by atoms with Crippen LogP contribution in [0.3, 0.4) is 0 Å². The molecule has 2 heterocycles. The highest BCUT2D eigenvalue weighted by Gasteiger charge is 2.36. The molecule has 1 unspecified atom stereocenters. The number of ether oxygens (including phenoxy) is 1. The van der Waals surface area contributed by atoms with Crippen LogP contribution in [-0.4, -0.2) is 67.5 Å². The second-order valence-corrected chi connectivity index (χ2v) is 10.3. The second kappa shape index (κ2) is 12.8. The number of carbonyl (C=O) groups is 4. The molecule has 1 aromatic heterocycles. The number of carbonyl (C=O) groups excluding carboxylic acids is 3. The molecular weight excluding hydrogens is 574 g/mol. The van der Waals surface area contributed by atoms with E-state index in [0.29, 0.717) is 33.8 Å². The predicted octanol–water partition coefficient (Wildman–Crippen LogP) is 3.68. The van der Waals surface area contributed by atoms with Gasteiger partial charge < -0.3 is 14.7 Å². The lowest BCUT2D eigenvalue weighted by Gasteiger charge is -2.37. The van der Waals surface area contributed by atoms with Gasteiger partial charge in [0.1, 0.15) is 12.4 Å². The zero-order valence-electron chi connectivity index (χ0n) is 23.0. The Labute approximate surface area is 251 Å². The summed E-state index contributed by atoms with van der Waals surface area (Å²) in [5.41, 5.74) is 4.12. The maximum Gasteiger partial charge on any atom is 0.335 e. The Kier molecular flexibility index (Phi) is 8.72. The molecule has 0 bridgehead atoms. The molecule has 1 aliphatic rings. The normalized spacial score (nSPS) is 14.4. The minimum atomic E-state index is -1.07. The minimum Gasteiger partial charge on any atom is -0.478 e. The van der Waals surface area contributed by atoms with E-state index in [9.17, 15) is 24.3 Å². The van der Waals surface area contributed by atoms with Crippen LogP contribution in [0.1, 0.15) is 44.2 Å². The van der Waals surface area contributed by atoms with Gasteiger partial charge in [-0.3, -0.25) is 14.4 Å². The van der Waals surface area contributed by atoms with Crippen molar-refractivity contribution in [1.82, 2.24) is 25.1 Å². The zero-order chi connectivity index (χ0) is 30.5. The van der Waals surface area contributed by atoms with E-state index in [2.05, 4.69) is 15.5 Å². The number of aromatic carboxylic acids is 1. The lowest BCUT2D eigenvalue weighted by molar-refractivity contribution is -0.139. The molecule has 0 spiro atoms. The van der Waals surface area contributed by atoms with Gasteiger partial charge in [-0.2, -0.15) is 4.68 Å². The number of aromatic nitrogens is 4. The van der Waals surface area contributed by atoms with Gasteiger partial charge >= 0.3 is 11.9 Å².